The second-order valence-electron chi connectivity index (χ2n) is 6.15. The first-order chi connectivity index (χ1) is 11.6. The summed E-state index contributed by atoms with van der Waals surface area (Å²) >= 11 is 6.06. The van der Waals surface area contributed by atoms with Gasteiger partial charge in [0.2, 0.25) is 5.91 Å². The van der Waals surface area contributed by atoms with Gasteiger partial charge in [0.05, 0.1) is 19.6 Å². The number of nitrogens with zero attached hydrogens (tertiary/aromatic N) is 3. The van der Waals surface area contributed by atoms with Gasteiger partial charge in [0, 0.05) is 36.1 Å². The summed E-state index contributed by atoms with van der Waals surface area (Å²) < 4.78 is 7.51. The molecule has 2 heterocycles. The predicted molar refractivity (Wildman–Crippen MR) is 93.5 cm³/mol. The molecule has 0 aliphatic carbocycles. The third-order valence-corrected chi connectivity index (χ3v) is 4.82. The van der Waals surface area contributed by atoms with Crippen molar-refractivity contribution in [1.82, 2.24) is 14.5 Å². The molecule has 24 heavy (non-hydrogen) atoms. The average Bonchev–Trinajstić information content (AvgIpc) is 3.01. The van der Waals surface area contributed by atoms with E-state index in [0.717, 1.165) is 37.3 Å². The third-order valence-electron chi connectivity index (χ3n) is 4.59. The molecule has 1 amide bonds. The third kappa shape index (κ3) is 3.56. The summed E-state index contributed by atoms with van der Waals surface area (Å²) in [6.07, 6.45) is 6.18. The Morgan fingerprint density at radius 3 is 3.00 bits per heavy atom. The van der Waals surface area contributed by atoms with Gasteiger partial charge in [0.25, 0.3) is 0 Å². The summed E-state index contributed by atoms with van der Waals surface area (Å²) in [5.41, 5.74) is 0.830. The number of rotatable bonds is 4. The van der Waals surface area contributed by atoms with Gasteiger partial charge in [-0.25, -0.2) is 4.98 Å². The van der Waals surface area contributed by atoms with Crippen LogP contribution in [0, 0.1) is 6.92 Å². The van der Waals surface area contributed by atoms with Crippen LogP contribution in [-0.4, -0.2) is 40.6 Å². The molecule has 0 spiro atoms. The first-order valence-electron chi connectivity index (χ1n) is 8.18. The molecule has 1 atom stereocenters. The van der Waals surface area contributed by atoms with Gasteiger partial charge < -0.3 is 14.2 Å². The largest absolute Gasteiger partial charge is 0.496 e. The second-order valence-corrected chi connectivity index (χ2v) is 6.59. The highest BCUT2D eigenvalue weighted by Gasteiger charge is 2.26. The van der Waals surface area contributed by atoms with Crippen molar-refractivity contribution in [3.05, 3.63) is 47.0 Å². The van der Waals surface area contributed by atoms with Crippen molar-refractivity contribution in [2.75, 3.05) is 20.2 Å². The molecule has 0 saturated carbocycles. The van der Waals surface area contributed by atoms with Gasteiger partial charge >= 0.3 is 0 Å². The molecule has 1 aromatic heterocycles. The Balaban J connectivity index is 1.71. The van der Waals surface area contributed by atoms with E-state index in [1.54, 1.807) is 25.3 Å². The quantitative estimate of drug-likeness (QED) is 0.852. The summed E-state index contributed by atoms with van der Waals surface area (Å²) in [7, 11) is 1.61. The normalized spacial score (nSPS) is 17.8. The number of benzene rings is 1. The van der Waals surface area contributed by atoms with E-state index in [1.807, 2.05) is 24.2 Å². The van der Waals surface area contributed by atoms with Gasteiger partial charge in [0.15, 0.2) is 0 Å². The predicted octanol–water partition coefficient (Wildman–Crippen LogP) is 3.26. The summed E-state index contributed by atoms with van der Waals surface area (Å²) in [5.74, 6) is 1.80. The Hall–Kier alpha value is -2.01. The minimum absolute atomic E-state index is 0.109. The number of hydrogen-bond donors (Lipinski definition) is 0. The van der Waals surface area contributed by atoms with E-state index >= 15 is 0 Å². The Labute approximate surface area is 147 Å². The molecule has 128 valence electrons. The fraction of sp³-hybridized carbons (Fsp3) is 0.444. The van der Waals surface area contributed by atoms with Crippen LogP contribution in [0.5, 0.6) is 5.75 Å². The van der Waals surface area contributed by atoms with Crippen LogP contribution < -0.4 is 4.74 Å². The number of carbonyl (C=O) groups excluding carboxylic acids is 1. The van der Waals surface area contributed by atoms with Crippen molar-refractivity contribution in [1.29, 1.82) is 0 Å². The molecule has 0 radical (unpaired) electrons. The molecule has 0 N–H and O–H groups in total. The zero-order chi connectivity index (χ0) is 17.1. The fourth-order valence-corrected chi connectivity index (χ4v) is 3.54. The number of aryl methyl sites for hydroxylation is 1. The lowest BCUT2D eigenvalue weighted by molar-refractivity contribution is -0.132. The molecule has 1 aliphatic heterocycles. The van der Waals surface area contributed by atoms with Crippen LogP contribution in [0.15, 0.2) is 30.6 Å². The van der Waals surface area contributed by atoms with Crippen LogP contribution in [0.25, 0.3) is 0 Å². The number of likely N-dealkylation sites (tertiary alicyclic amines) is 1. The zero-order valence-electron chi connectivity index (χ0n) is 14.0. The van der Waals surface area contributed by atoms with Crippen LogP contribution >= 0.6 is 11.6 Å². The minimum Gasteiger partial charge on any atom is -0.496 e. The lowest BCUT2D eigenvalue weighted by atomic mass is 10.0. The van der Waals surface area contributed by atoms with Gasteiger partial charge in [0.1, 0.15) is 11.6 Å². The molecule has 1 saturated heterocycles. The summed E-state index contributed by atoms with van der Waals surface area (Å²) in [4.78, 5) is 19.0. The summed E-state index contributed by atoms with van der Waals surface area (Å²) in [6, 6.07) is 5.68. The molecular weight excluding hydrogens is 326 g/mol. The first kappa shape index (κ1) is 16.8. The second kappa shape index (κ2) is 7.26. The minimum atomic E-state index is 0.109. The highest BCUT2D eigenvalue weighted by molar-refractivity contribution is 6.30. The Morgan fingerprint density at radius 2 is 2.29 bits per heavy atom. The van der Waals surface area contributed by atoms with Crippen LogP contribution in [0.1, 0.15) is 30.3 Å². The van der Waals surface area contributed by atoms with Crippen LogP contribution in [0.3, 0.4) is 0 Å². The first-order valence-corrected chi connectivity index (χ1v) is 8.56. The average molecular weight is 348 g/mol. The molecule has 1 aromatic carbocycles. The number of methoxy groups -OCH3 is 1. The van der Waals surface area contributed by atoms with Crippen molar-refractivity contribution < 1.29 is 9.53 Å². The van der Waals surface area contributed by atoms with E-state index in [4.69, 9.17) is 16.3 Å². The van der Waals surface area contributed by atoms with Crippen LogP contribution in [0.2, 0.25) is 5.02 Å². The van der Waals surface area contributed by atoms with E-state index in [1.165, 1.54) is 0 Å². The maximum atomic E-state index is 12.7. The number of imidazole rings is 1. The number of piperidine rings is 1. The Kier molecular flexibility index (Phi) is 5.09. The fourth-order valence-electron chi connectivity index (χ4n) is 3.34. The highest BCUT2D eigenvalue weighted by atomic mass is 35.5. The molecule has 6 heteroatoms. The summed E-state index contributed by atoms with van der Waals surface area (Å²) in [6.45, 7) is 3.52. The van der Waals surface area contributed by atoms with Crippen LogP contribution in [0.4, 0.5) is 0 Å². The molecule has 5 nitrogen and oxygen atoms in total. The molecule has 1 aliphatic rings. The maximum Gasteiger partial charge on any atom is 0.227 e. The number of halogens is 1. The van der Waals surface area contributed by atoms with E-state index in [-0.39, 0.29) is 5.91 Å². The van der Waals surface area contributed by atoms with E-state index < -0.39 is 0 Å². The van der Waals surface area contributed by atoms with Gasteiger partial charge in [-0.1, -0.05) is 11.6 Å². The lowest BCUT2D eigenvalue weighted by Gasteiger charge is -2.34. The number of carbonyl (C=O) groups is 1. The van der Waals surface area contributed by atoms with Gasteiger partial charge in [-0.15, -0.1) is 0 Å². The molecule has 0 unspecified atom stereocenters. The van der Waals surface area contributed by atoms with Crippen molar-refractivity contribution in [2.45, 2.75) is 32.2 Å². The molecule has 2 aromatic rings. The maximum absolute atomic E-state index is 12.7. The van der Waals surface area contributed by atoms with Crippen LogP contribution in [-0.2, 0) is 11.2 Å². The van der Waals surface area contributed by atoms with Crippen molar-refractivity contribution in [3.63, 3.8) is 0 Å². The van der Waals surface area contributed by atoms with E-state index in [0.29, 0.717) is 23.2 Å². The van der Waals surface area contributed by atoms with E-state index in [2.05, 4.69) is 9.55 Å². The number of ether oxygens (including phenoxy) is 1. The van der Waals surface area contributed by atoms with Crippen molar-refractivity contribution >= 4 is 17.5 Å². The van der Waals surface area contributed by atoms with Gasteiger partial charge in [-0.3, -0.25) is 4.79 Å². The number of hydrogen-bond acceptors (Lipinski definition) is 3. The number of amides is 1. The standard InChI is InChI=1S/C18H22ClN3O2/c1-13-20-7-9-22(13)16-4-3-8-21(12-16)18(23)11-14-10-15(19)5-6-17(14)24-2/h5-7,9-10,16H,3-4,8,11-12H2,1-2H3/t16-/m0/s1. The Bertz CT molecular complexity index is 729. The van der Waals surface area contributed by atoms with E-state index in [9.17, 15) is 4.79 Å². The van der Waals surface area contributed by atoms with Crippen molar-refractivity contribution in [3.8, 4) is 5.75 Å². The highest BCUT2D eigenvalue weighted by Crippen LogP contribution is 2.26. The molecule has 3 rings (SSSR count). The monoisotopic (exact) mass is 347 g/mol. The molecule has 0 bridgehead atoms. The lowest BCUT2D eigenvalue weighted by Crippen LogP contribution is -2.41. The SMILES string of the molecule is COc1ccc(Cl)cc1CC(=O)N1CCC[C@H](n2ccnc2C)C1. The molecular formula is C18H22ClN3O2. The van der Waals surface area contributed by atoms with Gasteiger partial charge in [-0.05, 0) is 38.0 Å². The van der Waals surface area contributed by atoms with Crippen molar-refractivity contribution in [2.24, 2.45) is 0 Å². The number of aromatic nitrogens is 2. The molecule has 1 fully saturated rings. The van der Waals surface area contributed by atoms with Gasteiger partial charge in [-0.2, -0.15) is 0 Å². The smallest absolute Gasteiger partial charge is 0.227 e. The zero-order valence-corrected chi connectivity index (χ0v) is 14.8. The summed E-state index contributed by atoms with van der Waals surface area (Å²) in [5, 5.41) is 0.615. The Morgan fingerprint density at radius 1 is 1.46 bits per heavy atom. The topological polar surface area (TPSA) is 47.4 Å².